The molecule has 5 heteroatoms. The van der Waals surface area contributed by atoms with Gasteiger partial charge in [-0.25, -0.2) is 0 Å². The summed E-state index contributed by atoms with van der Waals surface area (Å²) in [6.07, 6.45) is 4.19. The summed E-state index contributed by atoms with van der Waals surface area (Å²) in [5, 5.41) is 13.3. The number of hydrogen-bond donors (Lipinski definition) is 2. The summed E-state index contributed by atoms with van der Waals surface area (Å²) >= 11 is 0. The molecular weight excluding hydrogens is 410 g/mol. The minimum atomic E-state index is -0.0808. The summed E-state index contributed by atoms with van der Waals surface area (Å²) in [7, 11) is 0. The molecular formula is C28H33N3O2. The molecule has 2 N–H and O–H groups in total. The number of benzene rings is 2. The van der Waals surface area contributed by atoms with E-state index in [9.17, 15) is 9.90 Å². The number of nitrogens with one attached hydrogen (secondary N) is 1. The van der Waals surface area contributed by atoms with Crippen molar-refractivity contribution >= 4 is 5.91 Å². The zero-order valence-electron chi connectivity index (χ0n) is 19.5. The van der Waals surface area contributed by atoms with Gasteiger partial charge in [0, 0.05) is 12.7 Å². The molecule has 0 saturated carbocycles. The molecule has 1 fully saturated rings. The van der Waals surface area contributed by atoms with Crippen molar-refractivity contribution in [3.63, 3.8) is 0 Å². The van der Waals surface area contributed by atoms with Gasteiger partial charge >= 0.3 is 0 Å². The molecule has 2 aromatic carbocycles. The first kappa shape index (κ1) is 23.0. The molecule has 1 saturated heterocycles. The van der Waals surface area contributed by atoms with Crippen LogP contribution in [-0.4, -0.2) is 34.0 Å². The smallest absolute Gasteiger partial charge is 0.224 e. The lowest BCUT2D eigenvalue weighted by atomic mass is 9.87. The van der Waals surface area contributed by atoms with Gasteiger partial charge in [0.15, 0.2) is 0 Å². The molecule has 33 heavy (non-hydrogen) atoms. The van der Waals surface area contributed by atoms with E-state index in [0.717, 1.165) is 54.9 Å². The fourth-order valence-corrected chi connectivity index (χ4v) is 4.84. The van der Waals surface area contributed by atoms with Gasteiger partial charge in [0.25, 0.3) is 0 Å². The number of phenols is 1. The van der Waals surface area contributed by atoms with E-state index in [1.807, 2.05) is 62.4 Å². The van der Waals surface area contributed by atoms with Crippen LogP contribution in [0, 0.1) is 19.8 Å². The Bertz CT molecular complexity index is 1040. The first-order valence-corrected chi connectivity index (χ1v) is 11.8. The first-order valence-electron chi connectivity index (χ1n) is 11.8. The molecule has 172 valence electrons. The Morgan fingerprint density at radius 2 is 1.70 bits per heavy atom. The van der Waals surface area contributed by atoms with Crippen LogP contribution in [0.1, 0.15) is 46.8 Å². The molecule has 2 heterocycles. The van der Waals surface area contributed by atoms with Gasteiger partial charge in [-0.05, 0) is 80.1 Å². The minimum Gasteiger partial charge on any atom is -0.507 e. The lowest BCUT2D eigenvalue weighted by molar-refractivity contribution is -0.121. The summed E-state index contributed by atoms with van der Waals surface area (Å²) in [6, 6.07) is 19.9. The number of nitrogens with zero attached hydrogens (tertiary/aromatic N) is 2. The number of aromatic hydroxyl groups is 1. The van der Waals surface area contributed by atoms with E-state index >= 15 is 0 Å². The minimum absolute atomic E-state index is 0.0364. The van der Waals surface area contributed by atoms with Gasteiger partial charge in [-0.2, -0.15) is 0 Å². The number of phenolic OH excluding ortho intramolecular Hbond substituents is 1. The van der Waals surface area contributed by atoms with Crippen molar-refractivity contribution in [2.45, 2.75) is 45.7 Å². The van der Waals surface area contributed by atoms with Gasteiger partial charge in [0.05, 0.1) is 18.2 Å². The predicted octanol–water partition coefficient (Wildman–Crippen LogP) is 4.72. The first-order chi connectivity index (χ1) is 16.0. The Morgan fingerprint density at radius 1 is 1.03 bits per heavy atom. The molecule has 5 nitrogen and oxygen atoms in total. The third kappa shape index (κ3) is 5.99. The van der Waals surface area contributed by atoms with Crippen molar-refractivity contribution in [2.75, 3.05) is 13.1 Å². The van der Waals surface area contributed by atoms with Crippen LogP contribution >= 0.6 is 0 Å². The summed E-state index contributed by atoms with van der Waals surface area (Å²) in [5.74, 6) is 0.774. The van der Waals surface area contributed by atoms with Crippen molar-refractivity contribution in [1.29, 1.82) is 0 Å². The molecule has 0 spiro atoms. The Hall–Kier alpha value is -3.18. The third-order valence-corrected chi connectivity index (χ3v) is 6.59. The molecule has 1 aromatic heterocycles. The van der Waals surface area contributed by atoms with E-state index in [-0.39, 0.29) is 11.9 Å². The Morgan fingerprint density at radius 3 is 2.33 bits per heavy atom. The number of pyridine rings is 1. The Kier molecular flexibility index (Phi) is 7.40. The van der Waals surface area contributed by atoms with E-state index < -0.39 is 0 Å². The van der Waals surface area contributed by atoms with Crippen molar-refractivity contribution in [1.82, 2.24) is 15.2 Å². The summed E-state index contributed by atoms with van der Waals surface area (Å²) < 4.78 is 0. The second kappa shape index (κ2) is 10.6. The van der Waals surface area contributed by atoms with Crippen molar-refractivity contribution in [3.05, 3.63) is 94.8 Å². The number of amides is 1. The standard InChI is InChI=1S/C28H33N3O2/c1-20-16-23(17-21(2)28(20)33)19-31-14-11-24(12-15-31)27(25-10-6-7-13-29-25)30-26(32)18-22-8-4-3-5-9-22/h3-10,13,16-17,24,27,33H,11-12,14-15,18-19H2,1-2H3,(H,30,32)/t27-/m1/s1. The fraction of sp³-hybridized carbons (Fsp3) is 0.357. The summed E-state index contributed by atoms with van der Waals surface area (Å²) in [4.78, 5) is 19.9. The van der Waals surface area contributed by atoms with Crippen molar-refractivity contribution < 1.29 is 9.90 Å². The molecule has 0 radical (unpaired) electrons. The lowest BCUT2D eigenvalue weighted by Gasteiger charge is -2.36. The summed E-state index contributed by atoms with van der Waals surface area (Å²) in [5.41, 5.74) is 5.04. The predicted molar refractivity (Wildman–Crippen MR) is 131 cm³/mol. The zero-order chi connectivity index (χ0) is 23.2. The van der Waals surface area contributed by atoms with Crippen molar-refractivity contribution in [2.24, 2.45) is 5.92 Å². The molecule has 1 aliphatic heterocycles. The Balaban J connectivity index is 1.40. The van der Waals surface area contributed by atoms with Gasteiger partial charge in [-0.1, -0.05) is 48.5 Å². The molecule has 0 bridgehead atoms. The van der Waals surface area contributed by atoms with Crippen LogP contribution in [-0.2, 0) is 17.8 Å². The molecule has 4 rings (SSSR count). The van der Waals surface area contributed by atoms with Crippen LogP contribution in [0.5, 0.6) is 5.75 Å². The molecule has 1 atom stereocenters. The number of piperidine rings is 1. The van der Waals surface area contributed by atoms with Gasteiger partial charge in [-0.15, -0.1) is 0 Å². The van der Waals surface area contributed by atoms with E-state index in [1.54, 1.807) is 6.20 Å². The zero-order valence-corrected chi connectivity index (χ0v) is 19.5. The van der Waals surface area contributed by atoms with Crippen molar-refractivity contribution in [3.8, 4) is 5.75 Å². The van der Waals surface area contributed by atoms with Crippen LogP contribution in [0.15, 0.2) is 66.9 Å². The molecule has 1 aliphatic rings. The maximum absolute atomic E-state index is 12.9. The maximum Gasteiger partial charge on any atom is 0.224 e. The van der Waals surface area contributed by atoms with E-state index in [4.69, 9.17) is 0 Å². The Labute approximate surface area is 196 Å². The van der Waals surface area contributed by atoms with E-state index in [1.165, 1.54) is 5.56 Å². The van der Waals surface area contributed by atoms with E-state index in [2.05, 4.69) is 27.3 Å². The second-order valence-corrected chi connectivity index (χ2v) is 9.15. The van der Waals surface area contributed by atoms with Crippen LogP contribution in [0.25, 0.3) is 0 Å². The normalized spacial score (nSPS) is 15.8. The SMILES string of the molecule is Cc1cc(CN2CCC([C@@H](NC(=O)Cc3ccccc3)c3ccccn3)CC2)cc(C)c1O. The number of carbonyl (C=O) groups is 1. The number of carbonyl (C=O) groups excluding carboxylic acids is 1. The quantitative estimate of drug-likeness (QED) is 0.555. The van der Waals surface area contributed by atoms with Crippen LogP contribution < -0.4 is 5.32 Å². The average Bonchev–Trinajstić information content (AvgIpc) is 2.83. The molecule has 1 amide bonds. The number of aromatic nitrogens is 1. The molecule has 0 unspecified atom stereocenters. The van der Waals surface area contributed by atoms with Gasteiger partial charge < -0.3 is 10.4 Å². The van der Waals surface area contributed by atoms with Gasteiger partial charge in [0.2, 0.25) is 5.91 Å². The number of aryl methyl sites for hydroxylation is 2. The van der Waals surface area contributed by atoms with Crippen LogP contribution in [0.3, 0.4) is 0 Å². The van der Waals surface area contributed by atoms with Gasteiger partial charge in [-0.3, -0.25) is 14.7 Å². The maximum atomic E-state index is 12.9. The topological polar surface area (TPSA) is 65.5 Å². The fourth-order valence-electron chi connectivity index (χ4n) is 4.84. The number of hydrogen-bond acceptors (Lipinski definition) is 4. The van der Waals surface area contributed by atoms with Gasteiger partial charge in [0.1, 0.15) is 5.75 Å². The van der Waals surface area contributed by atoms with E-state index in [0.29, 0.717) is 18.1 Å². The number of rotatable bonds is 7. The second-order valence-electron chi connectivity index (χ2n) is 9.15. The summed E-state index contributed by atoms with van der Waals surface area (Å²) in [6.45, 7) is 6.73. The largest absolute Gasteiger partial charge is 0.507 e. The average molecular weight is 444 g/mol. The highest BCUT2D eigenvalue weighted by Crippen LogP contribution is 2.31. The molecule has 3 aromatic rings. The van der Waals surface area contributed by atoms with Crippen LogP contribution in [0.2, 0.25) is 0 Å². The lowest BCUT2D eigenvalue weighted by Crippen LogP contribution is -2.41. The highest BCUT2D eigenvalue weighted by Gasteiger charge is 2.29. The number of likely N-dealkylation sites (tertiary alicyclic amines) is 1. The highest BCUT2D eigenvalue weighted by molar-refractivity contribution is 5.79. The van der Waals surface area contributed by atoms with Crippen LogP contribution in [0.4, 0.5) is 0 Å². The molecule has 0 aliphatic carbocycles. The highest BCUT2D eigenvalue weighted by atomic mass is 16.3. The monoisotopic (exact) mass is 443 g/mol. The third-order valence-electron chi connectivity index (χ3n) is 6.59.